The smallest absolute Gasteiger partial charge is 0.125 e. The first-order chi connectivity index (χ1) is 10.3. The van der Waals surface area contributed by atoms with E-state index in [1.165, 1.54) is 0 Å². The van der Waals surface area contributed by atoms with Gasteiger partial charge in [0.05, 0.1) is 18.7 Å². The molecule has 0 heterocycles. The van der Waals surface area contributed by atoms with E-state index in [0.29, 0.717) is 24.3 Å². The Kier molecular flexibility index (Phi) is 5.19. The Labute approximate surface area is 124 Å². The molecule has 0 atom stereocenters. The Hall–Kier alpha value is -2.51. The number of methoxy groups -OCH3 is 1. The molecule has 0 amide bonds. The van der Waals surface area contributed by atoms with E-state index in [4.69, 9.17) is 19.8 Å². The maximum atomic E-state index is 9.07. The van der Waals surface area contributed by atoms with Crippen molar-refractivity contribution in [2.45, 2.75) is 13.0 Å². The number of aliphatic hydroxyl groups is 1. The molecule has 0 saturated heterocycles. The van der Waals surface area contributed by atoms with Crippen LogP contribution in [-0.2, 0) is 13.0 Å². The topological polar surface area (TPSA) is 62.5 Å². The zero-order valence-corrected chi connectivity index (χ0v) is 11.9. The second-order valence-electron chi connectivity index (χ2n) is 4.51. The summed E-state index contributed by atoms with van der Waals surface area (Å²) in [4.78, 5) is 0. The van der Waals surface area contributed by atoms with Crippen LogP contribution in [0.4, 0.5) is 0 Å². The predicted octanol–water partition coefficient (Wildman–Crippen LogP) is 2.68. The molecular weight excluding hydrogens is 266 g/mol. The second kappa shape index (κ2) is 7.32. The summed E-state index contributed by atoms with van der Waals surface area (Å²) in [6, 6.07) is 14.9. The lowest BCUT2D eigenvalue weighted by Gasteiger charge is -2.13. The van der Waals surface area contributed by atoms with Crippen molar-refractivity contribution in [3.8, 4) is 17.6 Å². The molecule has 4 nitrogen and oxygen atoms in total. The van der Waals surface area contributed by atoms with Crippen molar-refractivity contribution >= 4 is 0 Å². The standard InChI is InChI=1S/C17H17NO3/c1-20-16-7-6-13(11-18)10-15(16)12-21-17-5-3-2-4-14(17)8-9-19/h2-7,10,19H,8-9,12H2,1H3. The van der Waals surface area contributed by atoms with Crippen molar-refractivity contribution < 1.29 is 14.6 Å². The lowest BCUT2D eigenvalue weighted by Crippen LogP contribution is -2.02. The van der Waals surface area contributed by atoms with Crippen molar-refractivity contribution in [3.05, 3.63) is 59.2 Å². The summed E-state index contributed by atoms with van der Waals surface area (Å²) in [5, 5.41) is 18.0. The van der Waals surface area contributed by atoms with Crippen LogP contribution in [0.25, 0.3) is 0 Å². The SMILES string of the molecule is COc1ccc(C#N)cc1COc1ccccc1CCO. The predicted molar refractivity (Wildman–Crippen MR) is 79.3 cm³/mol. The maximum Gasteiger partial charge on any atom is 0.125 e. The van der Waals surface area contributed by atoms with E-state index in [9.17, 15) is 0 Å². The number of rotatable bonds is 6. The third kappa shape index (κ3) is 3.74. The molecule has 0 aromatic heterocycles. The maximum absolute atomic E-state index is 9.07. The van der Waals surface area contributed by atoms with Crippen LogP contribution < -0.4 is 9.47 Å². The van der Waals surface area contributed by atoms with Crippen LogP contribution in [0.2, 0.25) is 0 Å². The fourth-order valence-corrected chi connectivity index (χ4v) is 2.09. The molecule has 0 bridgehead atoms. The molecule has 21 heavy (non-hydrogen) atoms. The van der Waals surface area contributed by atoms with Gasteiger partial charge in [-0.25, -0.2) is 0 Å². The number of ether oxygens (including phenoxy) is 2. The fraction of sp³-hybridized carbons (Fsp3) is 0.235. The second-order valence-corrected chi connectivity index (χ2v) is 4.51. The van der Waals surface area contributed by atoms with Crippen molar-refractivity contribution in [1.82, 2.24) is 0 Å². The van der Waals surface area contributed by atoms with E-state index < -0.39 is 0 Å². The summed E-state index contributed by atoms with van der Waals surface area (Å²) in [7, 11) is 1.59. The van der Waals surface area contributed by atoms with E-state index in [0.717, 1.165) is 16.9 Å². The highest BCUT2D eigenvalue weighted by Crippen LogP contribution is 2.24. The molecule has 108 valence electrons. The number of hydrogen-bond acceptors (Lipinski definition) is 4. The highest BCUT2D eigenvalue weighted by atomic mass is 16.5. The summed E-state index contributed by atoms with van der Waals surface area (Å²) in [6.07, 6.45) is 0.547. The lowest BCUT2D eigenvalue weighted by molar-refractivity contribution is 0.280. The summed E-state index contributed by atoms with van der Waals surface area (Å²) in [5.74, 6) is 1.42. The Bertz CT molecular complexity index is 647. The van der Waals surface area contributed by atoms with Crippen molar-refractivity contribution in [1.29, 1.82) is 5.26 Å². The number of nitrogens with zero attached hydrogens (tertiary/aromatic N) is 1. The summed E-state index contributed by atoms with van der Waals surface area (Å²) >= 11 is 0. The first-order valence-electron chi connectivity index (χ1n) is 6.67. The Morgan fingerprint density at radius 3 is 2.62 bits per heavy atom. The van der Waals surface area contributed by atoms with Gasteiger partial charge in [0.2, 0.25) is 0 Å². The molecule has 0 unspecified atom stereocenters. The van der Waals surface area contributed by atoms with Gasteiger partial charge >= 0.3 is 0 Å². The molecule has 1 N–H and O–H groups in total. The minimum atomic E-state index is 0.0770. The summed E-state index contributed by atoms with van der Waals surface area (Å²) in [5.41, 5.74) is 2.34. The van der Waals surface area contributed by atoms with Gasteiger partial charge in [-0.05, 0) is 36.2 Å². The number of para-hydroxylation sites is 1. The normalized spacial score (nSPS) is 9.95. The average molecular weight is 283 g/mol. The lowest BCUT2D eigenvalue weighted by atomic mass is 10.1. The largest absolute Gasteiger partial charge is 0.496 e. The third-order valence-electron chi connectivity index (χ3n) is 3.15. The van der Waals surface area contributed by atoms with Gasteiger partial charge in [-0.15, -0.1) is 0 Å². The number of benzene rings is 2. The third-order valence-corrected chi connectivity index (χ3v) is 3.15. The van der Waals surface area contributed by atoms with E-state index >= 15 is 0 Å². The summed E-state index contributed by atoms with van der Waals surface area (Å²) < 4.78 is 11.1. The van der Waals surface area contributed by atoms with Crippen LogP contribution in [0.3, 0.4) is 0 Å². The van der Waals surface area contributed by atoms with Gasteiger partial charge in [0, 0.05) is 12.2 Å². The van der Waals surface area contributed by atoms with Crippen LogP contribution in [0.15, 0.2) is 42.5 Å². The van der Waals surface area contributed by atoms with Gasteiger partial charge in [-0.2, -0.15) is 5.26 Å². The number of nitriles is 1. The molecule has 0 spiro atoms. The summed E-state index contributed by atoms with van der Waals surface area (Å²) in [6.45, 7) is 0.384. The van der Waals surface area contributed by atoms with Gasteiger partial charge in [-0.3, -0.25) is 0 Å². The zero-order valence-electron chi connectivity index (χ0n) is 11.9. The van der Waals surface area contributed by atoms with E-state index in [1.54, 1.807) is 25.3 Å². The molecule has 0 saturated carbocycles. The van der Waals surface area contributed by atoms with E-state index in [1.807, 2.05) is 24.3 Å². The molecule has 0 aliphatic carbocycles. The molecule has 0 aliphatic rings. The van der Waals surface area contributed by atoms with Gasteiger partial charge in [0.15, 0.2) is 0 Å². The minimum absolute atomic E-state index is 0.0770. The fourth-order valence-electron chi connectivity index (χ4n) is 2.09. The Morgan fingerprint density at radius 2 is 1.90 bits per heavy atom. The van der Waals surface area contributed by atoms with Crippen LogP contribution in [0.1, 0.15) is 16.7 Å². The van der Waals surface area contributed by atoms with Crippen LogP contribution in [0.5, 0.6) is 11.5 Å². The first kappa shape index (κ1) is 14.9. The monoisotopic (exact) mass is 283 g/mol. The van der Waals surface area contributed by atoms with Crippen LogP contribution in [0, 0.1) is 11.3 Å². The zero-order chi connectivity index (χ0) is 15.1. The molecule has 2 rings (SSSR count). The van der Waals surface area contributed by atoms with E-state index in [2.05, 4.69) is 6.07 Å². The molecule has 4 heteroatoms. The average Bonchev–Trinajstić information content (AvgIpc) is 2.54. The van der Waals surface area contributed by atoms with Crippen molar-refractivity contribution in [2.75, 3.05) is 13.7 Å². The molecule has 0 fully saturated rings. The first-order valence-corrected chi connectivity index (χ1v) is 6.67. The van der Waals surface area contributed by atoms with Gasteiger partial charge in [0.1, 0.15) is 18.1 Å². The quantitative estimate of drug-likeness (QED) is 0.885. The molecule has 0 radical (unpaired) electrons. The van der Waals surface area contributed by atoms with Crippen molar-refractivity contribution in [3.63, 3.8) is 0 Å². The number of aliphatic hydroxyl groups excluding tert-OH is 1. The highest BCUT2D eigenvalue weighted by molar-refractivity contribution is 5.42. The van der Waals surface area contributed by atoms with Gasteiger partial charge in [0.25, 0.3) is 0 Å². The Balaban J connectivity index is 2.18. The minimum Gasteiger partial charge on any atom is -0.496 e. The van der Waals surface area contributed by atoms with Crippen LogP contribution >= 0.6 is 0 Å². The molecular formula is C17H17NO3. The number of hydrogen-bond donors (Lipinski definition) is 1. The Morgan fingerprint density at radius 1 is 1.10 bits per heavy atom. The molecule has 0 aliphatic heterocycles. The van der Waals surface area contributed by atoms with Crippen LogP contribution in [-0.4, -0.2) is 18.8 Å². The molecule has 2 aromatic rings. The van der Waals surface area contributed by atoms with Gasteiger partial charge < -0.3 is 14.6 Å². The van der Waals surface area contributed by atoms with Gasteiger partial charge in [-0.1, -0.05) is 18.2 Å². The van der Waals surface area contributed by atoms with Crippen molar-refractivity contribution in [2.24, 2.45) is 0 Å². The van der Waals surface area contributed by atoms with E-state index in [-0.39, 0.29) is 6.61 Å². The molecule has 2 aromatic carbocycles. The highest BCUT2D eigenvalue weighted by Gasteiger charge is 2.07.